The van der Waals surface area contributed by atoms with Gasteiger partial charge in [0, 0.05) is 18.2 Å². The van der Waals surface area contributed by atoms with E-state index < -0.39 is 0 Å². The van der Waals surface area contributed by atoms with Crippen molar-refractivity contribution in [2.45, 2.75) is 0 Å². The van der Waals surface area contributed by atoms with Gasteiger partial charge in [-0.05, 0) is 12.1 Å². The van der Waals surface area contributed by atoms with Crippen LogP contribution in [-0.2, 0) is 0 Å². The van der Waals surface area contributed by atoms with Crippen LogP contribution in [-0.4, -0.2) is 4.98 Å². The van der Waals surface area contributed by atoms with Crippen molar-refractivity contribution >= 4 is 16.6 Å². The van der Waals surface area contributed by atoms with Gasteiger partial charge in [-0.25, -0.2) is 4.98 Å². The van der Waals surface area contributed by atoms with Gasteiger partial charge in [0.25, 0.3) is 0 Å². The predicted octanol–water partition coefficient (Wildman–Crippen LogP) is 1.97. The Hall–Kier alpha value is -1.96. The zero-order chi connectivity index (χ0) is 9.38. The zero-order valence-corrected chi connectivity index (χ0v) is 7.59. The lowest BCUT2D eigenvalue weighted by atomic mass is 10.3. The molecule has 0 bridgehead atoms. The number of hydrogen-bond donors (Lipinski definition) is 0. The van der Waals surface area contributed by atoms with Gasteiger partial charge in [0.05, 0.1) is 6.20 Å². The van der Waals surface area contributed by atoms with E-state index >= 15 is 0 Å². The van der Waals surface area contributed by atoms with Gasteiger partial charge in [-0.15, -0.1) is 0 Å². The summed E-state index contributed by atoms with van der Waals surface area (Å²) in [7, 11) is 0. The first-order valence-corrected chi connectivity index (χ1v) is 4.59. The molecular weight excluding hydrogens is 172 g/mol. The highest BCUT2D eigenvalue weighted by molar-refractivity contribution is 5.71. The number of rotatable bonds is 0. The monoisotopic (exact) mass is 181 g/mol. The van der Waals surface area contributed by atoms with Gasteiger partial charge in [0.2, 0.25) is 11.0 Å². The van der Waals surface area contributed by atoms with E-state index in [2.05, 4.69) is 27.7 Å². The summed E-state index contributed by atoms with van der Waals surface area (Å²) in [5, 5.41) is 0. The summed E-state index contributed by atoms with van der Waals surface area (Å²) >= 11 is 0. The molecule has 0 aliphatic carbocycles. The minimum atomic E-state index is 1.02. The molecule has 2 aromatic heterocycles. The zero-order valence-electron chi connectivity index (χ0n) is 7.59. The Morgan fingerprint density at radius 1 is 0.929 bits per heavy atom. The van der Waals surface area contributed by atoms with Crippen molar-refractivity contribution in [3.05, 3.63) is 54.9 Å². The van der Waals surface area contributed by atoms with Crippen molar-refractivity contribution < 1.29 is 4.40 Å². The van der Waals surface area contributed by atoms with Crippen LogP contribution in [0.2, 0.25) is 0 Å². The summed E-state index contributed by atoms with van der Waals surface area (Å²) in [5.74, 6) is 0. The lowest BCUT2D eigenvalue weighted by Crippen LogP contribution is -2.22. The normalized spacial score (nSPS) is 10.9. The molecule has 0 atom stereocenters. The van der Waals surface area contributed by atoms with Crippen molar-refractivity contribution in [1.29, 1.82) is 0 Å². The fourth-order valence-electron chi connectivity index (χ4n) is 1.69. The fraction of sp³-hybridized carbons (Fsp3) is 0. The molecule has 14 heavy (non-hydrogen) atoms. The molecule has 0 amide bonds. The molecule has 0 aliphatic rings. The lowest BCUT2D eigenvalue weighted by molar-refractivity contribution is -0.482. The van der Waals surface area contributed by atoms with E-state index in [0.29, 0.717) is 0 Å². The van der Waals surface area contributed by atoms with E-state index in [1.165, 1.54) is 0 Å². The number of fused-ring (bicyclic) bond motifs is 3. The average molecular weight is 181 g/mol. The van der Waals surface area contributed by atoms with Gasteiger partial charge in [0.1, 0.15) is 5.52 Å². The molecule has 2 heteroatoms. The number of pyridine rings is 1. The number of para-hydroxylation sites is 2. The molecule has 66 valence electrons. The van der Waals surface area contributed by atoms with Gasteiger partial charge < -0.3 is 0 Å². The van der Waals surface area contributed by atoms with E-state index in [1.54, 1.807) is 0 Å². The highest BCUT2D eigenvalue weighted by Gasteiger charge is 2.06. The van der Waals surface area contributed by atoms with Gasteiger partial charge in [-0.2, -0.15) is 4.40 Å². The third kappa shape index (κ3) is 0.973. The first-order chi connectivity index (χ1) is 6.95. The van der Waals surface area contributed by atoms with E-state index in [-0.39, 0.29) is 0 Å². The minimum Gasteiger partial charge on any atom is -0.243 e. The molecule has 0 N–H and O–H groups in total. The summed E-state index contributed by atoms with van der Waals surface area (Å²) in [4.78, 5) is 4.39. The Kier molecular flexibility index (Phi) is 1.47. The van der Waals surface area contributed by atoms with Crippen LogP contribution < -0.4 is 4.40 Å². The first kappa shape index (κ1) is 7.44. The minimum absolute atomic E-state index is 1.02. The maximum absolute atomic E-state index is 4.39. The lowest BCUT2D eigenvalue weighted by Gasteiger charge is -1.94. The van der Waals surface area contributed by atoms with Crippen LogP contribution >= 0.6 is 0 Å². The Labute approximate surface area is 81.5 Å². The molecule has 2 nitrogen and oxygen atoms in total. The molecule has 0 saturated heterocycles. The van der Waals surface area contributed by atoms with Crippen LogP contribution in [0.3, 0.4) is 0 Å². The van der Waals surface area contributed by atoms with E-state index in [1.807, 2.05) is 36.5 Å². The molecule has 0 spiro atoms. The van der Waals surface area contributed by atoms with Gasteiger partial charge in [-0.3, -0.25) is 0 Å². The third-order valence-electron chi connectivity index (χ3n) is 2.37. The summed E-state index contributed by atoms with van der Waals surface area (Å²) in [5.41, 5.74) is 3.29. The molecule has 0 radical (unpaired) electrons. The van der Waals surface area contributed by atoms with Crippen molar-refractivity contribution in [3.63, 3.8) is 0 Å². The SMILES string of the molecule is c1ccc2c(c1)ncc1cccc[n+]12. The van der Waals surface area contributed by atoms with Crippen LogP contribution in [0.4, 0.5) is 0 Å². The number of aromatic nitrogens is 2. The quantitative estimate of drug-likeness (QED) is 0.383. The second-order valence-electron chi connectivity index (χ2n) is 3.24. The van der Waals surface area contributed by atoms with Gasteiger partial charge in [0.15, 0.2) is 6.20 Å². The van der Waals surface area contributed by atoms with E-state index in [0.717, 1.165) is 16.6 Å². The standard InChI is InChI=1S/C12H9N2/c1-2-7-12-11(6-1)13-9-10-5-3-4-8-14(10)12/h1-9H/q+1. The number of benzene rings is 1. The van der Waals surface area contributed by atoms with Crippen LogP contribution in [0.1, 0.15) is 0 Å². The van der Waals surface area contributed by atoms with Crippen LogP contribution in [0.5, 0.6) is 0 Å². The average Bonchev–Trinajstić information content (AvgIpc) is 2.29. The van der Waals surface area contributed by atoms with Crippen molar-refractivity contribution in [3.8, 4) is 0 Å². The van der Waals surface area contributed by atoms with Gasteiger partial charge >= 0.3 is 0 Å². The summed E-state index contributed by atoms with van der Waals surface area (Å²) < 4.78 is 2.14. The Morgan fingerprint density at radius 3 is 2.79 bits per heavy atom. The Morgan fingerprint density at radius 2 is 1.79 bits per heavy atom. The Balaban J connectivity index is 2.61. The van der Waals surface area contributed by atoms with Crippen molar-refractivity contribution in [2.75, 3.05) is 0 Å². The Bertz CT molecular complexity index is 547. The largest absolute Gasteiger partial charge is 0.243 e. The molecule has 2 heterocycles. The predicted molar refractivity (Wildman–Crippen MR) is 54.9 cm³/mol. The molecule has 1 aromatic carbocycles. The summed E-state index contributed by atoms with van der Waals surface area (Å²) in [6.45, 7) is 0. The highest BCUT2D eigenvalue weighted by atomic mass is 14.9. The number of nitrogens with zero attached hydrogens (tertiary/aromatic N) is 2. The fourth-order valence-corrected chi connectivity index (χ4v) is 1.69. The molecule has 0 saturated carbocycles. The van der Waals surface area contributed by atoms with Crippen LogP contribution in [0.25, 0.3) is 16.6 Å². The topological polar surface area (TPSA) is 17.0 Å². The van der Waals surface area contributed by atoms with Gasteiger partial charge in [-0.1, -0.05) is 12.1 Å². The molecule has 0 fully saturated rings. The summed E-state index contributed by atoms with van der Waals surface area (Å²) in [6.07, 6.45) is 3.95. The summed E-state index contributed by atoms with van der Waals surface area (Å²) in [6, 6.07) is 14.2. The third-order valence-corrected chi connectivity index (χ3v) is 2.37. The maximum Gasteiger partial charge on any atom is 0.236 e. The van der Waals surface area contributed by atoms with Crippen molar-refractivity contribution in [2.24, 2.45) is 0 Å². The molecule has 0 aliphatic heterocycles. The highest BCUT2D eigenvalue weighted by Crippen LogP contribution is 2.06. The first-order valence-electron chi connectivity index (χ1n) is 4.59. The molecule has 0 unspecified atom stereocenters. The maximum atomic E-state index is 4.39. The molecule has 3 rings (SSSR count). The second kappa shape index (κ2) is 2.77. The van der Waals surface area contributed by atoms with Crippen LogP contribution in [0.15, 0.2) is 54.9 Å². The smallest absolute Gasteiger partial charge is 0.236 e. The van der Waals surface area contributed by atoms with Crippen LogP contribution in [0, 0.1) is 0 Å². The van der Waals surface area contributed by atoms with E-state index in [9.17, 15) is 0 Å². The molecular formula is C12H9N2+. The number of hydrogen-bond acceptors (Lipinski definition) is 1. The second-order valence-corrected chi connectivity index (χ2v) is 3.24. The van der Waals surface area contributed by atoms with Crippen molar-refractivity contribution in [1.82, 2.24) is 4.98 Å². The van der Waals surface area contributed by atoms with E-state index in [4.69, 9.17) is 0 Å². The molecule has 3 aromatic rings.